The highest BCUT2D eigenvalue weighted by atomic mass is 32.1. The van der Waals surface area contributed by atoms with Crippen molar-refractivity contribution in [3.63, 3.8) is 0 Å². The quantitative estimate of drug-likeness (QED) is 0.447. The molecular formula is C12H20N4O3S. The largest absolute Gasteiger partial charge is 0.396 e. The number of rotatable bonds is 5. The Morgan fingerprint density at radius 1 is 1.40 bits per heavy atom. The van der Waals surface area contributed by atoms with E-state index in [1.54, 1.807) is 0 Å². The van der Waals surface area contributed by atoms with Gasteiger partial charge < -0.3 is 21.1 Å². The molecular weight excluding hydrogens is 280 g/mol. The van der Waals surface area contributed by atoms with Gasteiger partial charge in [0.2, 0.25) is 0 Å². The number of amides is 3. The Labute approximate surface area is 123 Å². The number of thiocarbonyl (C=S) groups is 1. The van der Waals surface area contributed by atoms with Gasteiger partial charge in [-0.25, -0.2) is 4.79 Å². The smallest absolute Gasteiger partial charge is 0.325 e. The molecule has 0 aromatic heterocycles. The summed E-state index contributed by atoms with van der Waals surface area (Å²) in [6.45, 7) is 2.43. The van der Waals surface area contributed by atoms with Crippen molar-refractivity contribution in [2.45, 2.75) is 24.8 Å². The van der Waals surface area contributed by atoms with E-state index >= 15 is 0 Å². The van der Waals surface area contributed by atoms with Crippen LogP contribution in [0.1, 0.15) is 19.3 Å². The molecule has 112 valence electrons. The SMILES string of the molecule is NC(=S)CN1C(=O)NC2(CCN(CCCO)CC2)C1=O. The molecule has 3 amide bonds. The van der Waals surface area contributed by atoms with Gasteiger partial charge in [-0.3, -0.25) is 9.69 Å². The Hall–Kier alpha value is -1.25. The maximum Gasteiger partial charge on any atom is 0.325 e. The van der Waals surface area contributed by atoms with Crippen molar-refractivity contribution in [2.75, 3.05) is 32.8 Å². The molecule has 0 bridgehead atoms. The second kappa shape index (κ2) is 6.02. The molecule has 0 aromatic carbocycles. The van der Waals surface area contributed by atoms with E-state index in [9.17, 15) is 9.59 Å². The van der Waals surface area contributed by atoms with Crippen molar-refractivity contribution in [1.82, 2.24) is 15.1 Å². The zero-order valence-electron chi connectivity index (χ0n) is 11.3. The van der Waals surface area contributed by atoms with E-state index in [0.29, 0.717) is 12.8 Å². The molecule has 1 spiro atoms. The van der Waals surface area contributed by atoms with Gasteiger partial charge in [0.15, 0.2) is 0 Å². The first-order valence-electron chi connectivity index (χ1n) is 6.74. The lowest BCUT2D eigenvalue weighted by Gasteiger charge is -2.37. The fraction of sp³-hybridized carbons (Fsp3) is 0.750. The first-order valence-corrected chi connectivity index (χ1v) is 7.15. The van der Waals surface area contributed by atoms with Crippen LogP contribution in [-0.2, 0) is 4.79 Å². The van der Waals surface area contributed by atoms with E-state index in [-0.39, 0.29) is 24.0 Å². The maximum absolute atomic E-state index is 12.4. The third-order valence-electron chi connectivity index (χ3n) is 3.90. The van der Waals surface area contributed by atoms with Crippen LogP contribution in [0.15, 0.2) is 0 Å². The van der Waals surface area contributed by atoms with Gasteiger partial charge in [0.25, 0.3) is 5.91 Å². The number of carbonyl (C=O) groups is 2. The number of hydrogen-bond donors (Lipinski definition) is 3. The third-order valence-corrected chi connectivity index (χ3v) is 4.03. The Morgan fingerprint density at radius 2 is 2.05 bits per heavy atom. The summed E-state index contributed by atoms with van der Waals surface area (Å²) in [7, 11) is 0. The van der Waals surface area contributed by atoms with E-state index in [1.807, 2.05) is 0 Å². The Balaban J connectivity index is 1.98. The molecule has 2 heterocycles. The second-order valence-electron chi connectivity index (χ2n) is 5.29. The van der Waals surface area contributed by atoms with Crippen molar-refractivity contribution in [2.24, 2.45) is 5.73 Å². The monoisotopic (exact) mass is 300 g/mol. The van der Waals surface area contributed by atoms with Crippen molar-refractivity contribution < 1.29 is 14.7 Å². The van der Waals surface area contributed by atoms with Gasteiger partial charge in [-0.1, -0.05) is 12.2 Å². The molecule has 4 N–H and O–H groups in total. The molecule has 2 aliphatic rings. The molecule has 2 fully saturated rings. The zero-order chi connectivity index (χ0) is 14.8. The number of imide groups is 1. The first kappa shape index (κ1) is 15.1. The van der Waals surface area contributed by atoms with E-state index < -0.39 is 11.6 Å². The number of nitrogens with one attached hydrogen (secondary N) is 1. The predicted molar refractivity (Wildman–Crippen MR) is 77.1 cm³/mol. The number of nitrogens with zero attached hydrogens (tertiary/aromatic N) is 2. The van der Waals surface area contributed by atoms with Gasteiger partial charge in [0.05, 0.1) is 11.5 Å². The molecule has 0 aliphatic carbocycles. The minimum atomic E-state index is -0.794. The Kier molecular flexibility index (Phi) is 4.56. The third kappa shape index (κ3) is 2.92. The summed E-state index contributed by atoms with van der Waals surface area (Å²) in [6.07, 6.45) is 1.88. The molecule has 2 rings (SSSR count). The number of aliphatic hydroxyl groups excluding tert-OH is 1. The normalized spacial score (nSPS) is 22.4. The number of likely N-dealkylation sites (tertiary alicyclic amines) is 1. The van der Waals surface area contributed by atoms with Gasteiger partial charge in [-0.15, -0.1) is 0 Å². The summed E-state index contributed by atoms with van der Waals surface area (Å²) in [4.78, 5) is 27.7. The standard InChI is InChI=1S/C12H20N4O3S/c13-9(20)8-16-10(18)12(14-11(16)19)2-5-15(6-3-12)4-1-7-17/h17H,1-8H2,(H2,13,20)(H,14,19). The summed E-state index contributed by atoms with van der Waals surface area (Å²) >= 11 is 4.77. The number of nitrogens with two attached hydrogens (primary N) is 1. The molecule has 0 unspecified atom stereocenters. The molecule has 0 aromatic rings. The average molecular weight is 300 g/mol. The van der Waals surface area contributed by atoms with Crippen molar-refractivity contribution in [3.05, 3.63) is 0 Å². The van der Waals surface area contributed by atoms with Crippen LogP contribution in [0.25, 0.3) is 0 Å². The first-order chi connectivity index (χ1) is 9.48. The number of aliphatic hydroxyl groups is 1. The summed E-state index contributed by atoms with van der Waals surface area (Å²) in [6, 6.07) is -0.411. The summed E-state index contributed by atoms with van der Waals surface area (Å²) < 4.78 is 0. The van der Waals surface area contributed by atoms with Gasteiger partial charge in [-0.2, -0.15) is 0 Å². The lowest BCUT2D eigenvalue weighted by molar-refractivity contribution is -0.132. The molecule has 0 saturated carbocycles. The molecule has 7 nitrogen and oxygen atoms in total. The van der Waals surface area contributed by atoms with Crippen molar-refractivity contribution in [3.8, 4) is 0 Å². The number of carbonyl (C=O) groups excluding carboxylic acids is 2. The Morgan fingerprint density at radius 3 is 2.60 bits per heavy atom. The van der Waals surface area contributed by atoms with Crippen LogP contribution in [0.3, 0.4) is 0 Å². The van der Waals surface area contributed by atoms with Crippen LogP contribution < -0.4 is 11.1 Å². The summed E-state index contributed by atoms with van der Waals surface area (Å²) in [5.41, 5.74) is 4.62. The van der Waals surface area contributed by atoms with E-state index in [2.05, 4.69) is 10.2 Å². The topological polar surface area (TPSA) is 98.9 Å². The fourth-order valence-corrected chi connectivity index (χ4v) is 2.90. The number of urea groups is 1. The van der Waals surface area contributed by atoms with Crippen molar-refractivity contribution in [1.29, 1.82) is 0 Å². The maximum atomic E-state index is 12.4. The van der Waals surface area contributed by atoms with E-state index in [1.165, 1.54) is 0 Å². The molecule has 2 saturated heterocycles. The van der Waals surface area contributed by atoms with Gasteiger partial charge in [-0.05, 0) is 19.3 Å². The lowest BCUT2D eigenvalue weighted by atomic mass is 9.87. The van der Waals surface area contributed by atoms with Gasteiger partial charge in [0, 0.05) is 26.2 Å². The highest BCUT2D eigenvalue weighted by Gasteiger charge is 2.52. The number of piperidine rings is 1. The Bertz CT molecular complexity index is 421. The molecule has 2 aliphatic heterocycles. The van der Waals surface area contributed by atoms with Crippen LogP contribution in [0, 0.1) is 0 Å². The minimum absolute atomic E-state index is 0.00399. The van der Waals surface area contributed by atoms with Gasteiger partial charge >= 0.3 is 6.03 Å². The molecule has 20 heavy (non-hydrogen) atoms. The molecule has 0 atom stereocenters. The molecule has 8 heteroatoms. The van der Waals surface area contributed by atoms with E-state index in [4.69, 9.17) is 23.1 Å². The van der Waals surface area contributed by atoms with E-state index in [0.717, 1.165) is 31.0 Å². The highest BCUT2D eigenvalue weighted by Crippen LogP contribution is 2.29. The average Bonchev–Trinajstić information content (AvgIpc) is 2.63. The van der Waals surface area contributed by atoms with Gasteiger partial charge in [0.1, 0.15) is 5.54 Å². The molecule has 0 radical (unpaired) electrons. The van der Waals surface area contributed by atoms with Crippen LogP contribution in [0.4, 0.5) is 4.79 Å². The number of hydrogen-bond acceptors (Lipinski definition) is 5. The predicted octanol–water partition coefficient (Wildman–Crippen LogP) is -0.959. The minimum Gasteiger partial charge on any atom is -0.396 e. The zero-order valence-corrected chi connectivity index (χ0v) is 12.1. The lowest BCUT2D eigenvalue weighted by Crippen LogP contribution is -2.55. The van der Waals surface area contributed by atoms with Crippen molar-refractivity contribution >= 4 is 29.1 Å². The highest BCUT2D eigenvalue weighted by molar-refractivity contribution is 7.80. The van der Waals surface area contributed by atoms with Crippen LogP contribution in [0.2, 0.25) is 0 Å². The second-order valence-corrected chi connectivity index (χ2v) is 5.81. The van der Waals surface area contributed by atoms with Crippen LogP contribution in [0.5, 0.6) is 0 Å². The van der Waals surface area contributed by atoms with Crippen LogP contribution >= 0.6 is 12.2 Å². The van der Waals surface area contributed by atoms with Crippen LogP contribution in [-0.4, -0.2) is 70.2 Å². The summed E-state index contributed by atoms with van der Waals surface area (Å²) in [5, 5.41) is 11.6. The fourth-order valence-electron chi connectivity index (χ4n) is 2.77. The summed E-state index contributed by atoms with van der Waals surface area (Å²) in [5.74, 6) is -0.225.